The molecule has 4 nitrogen and oxygen atoms in total. The number of carbonyl (C=O) groups is 1. The molecule has 0 bridgehead atoms. The minimum atomic E-state index is -0.501. The van der Waals surface area contributed by atoms with Crippen molar-refractivity contribution >= 4 is 37.8 Å². The highest BCUT2D eigenvalue weighted by Crippen LogP contribution is 2.34. The van der Waals surface area contributed by atoms with Gasteiger partial charge in [-0.2, -0.15) is 0 Å². The van der Waals surface area contributed by atoms with E-state index in [1.807, 2.05) is 12.1 Å². The summed E-state index contributed by atoms with van der Waals surface area (Å²) in [5.41, 5.74) is 6.17. The van der Waals surface area contributed by atoms with Crippen molar-refractivity contribution < 1.29 is 9.53 Å². The molecule has 1 aromatic carbocycles. The molecule has 3 N–H and O–H groups in total. The van der Waals surface area contributed by atoms with Gasteiger partial charge >= 0.3 is 0 Å². The first-order chi connectivity index (χ1) is 8.40. The number of amides is 1. The van der Waals surface area contributed by atoms with Crippen LogP contribution in [0.25, 0.3) is 0 Å². The molecule has 0 aliphatic rings. The van der Waals surface area contributed by atoms with Gasteiger partial charge in [-0.25, -0.2) is 0 Å². The lowest BCUT2D eigenvalue weighted by Gasteiger charge is -2.13. The standard InChI is InChI=1S/C12H16Br2N2O2/c1-7(2)16-5-8-3-9(13)12(10(14)4-8)18-6-11(15)17/h3-4,7,16H,5-6H2,1-2H3,(H2,15,17). The molecular formula is C12H16Br2N2O2. The topological polar surface area (TPSA) is 64.3 Å². The number of benzene rings is 1. The van der Waals surface area contributed by atoms with Crippen molar-refractivity contribution in [1.82, 2.24) is 5.32 Å². The third-order valence-electron chi connectivity index (χ3n) is 2.13. The Labute approximate surface area is 124 Å². The van der Waals surface area contributed by atoms with Gasteiger partial charge in [0, 0.05) is 12.6 Å². The van der Waals surface area contributed by atoms with Crippen LogP contribution in [0.5, 0.6) is 5.75 Å². The lowest BCUT2D eigenvalue weighted by atomic mass is 10.2. The lowest BCUT2D eigenvalue weighted by molar-refractivity contribution is -0.119. The van der Waals surface area contributed by atoms with Crippen LogP contribution in [0, 0.1) is 0 Å². The van der Waals surface area contributed by atoms with Crippen molar-refractivity contribution in [2.75, 3.05) is 6.61 Å². The highest BCUT2D eigenvalue weighted by molar-refractivity contribution is 9.11. The van der Waals surface area contributed by atoms with E-state index in [0.29, 0.717) is 11.8 Å². The highest BCUT2D eigenvalue weighted by Gasteiger charge is 2.10. The van der Waals surface area contributed by atoms with Crippen LogP contribution in [-0.2, 0) is 11.3 Å². The van der Waals surface area contributed by atoms with E-state index in [9.17, 15) is 4.79 Å². The molecule has 0 aromatic heterocycles. The Bertz CT molecular complexity index is 413. The maximum Gasteiger partial charge on any atom is 0.255 e. The van der Waals surface area contributed by atoms with Crippen molar-refractivity contribution in [3.8, 4) is 5.75 Å². The smallest absolute Gasteiger partial charge is 0.255 e. The molecule has 0 radical (unpaired) electrons. The zero-order valence-corrected chi connectivity index (χ0v) is 13.5. The SMILES string of the molecule is CC(C)NCc1cc(Br)c(OCC(N)=O)c(Br)c1. The number of hydrogen-bond donors (Lipinski definition) is 2. The molecule has 0 atom stereocenters. The Hall–Kier alpha value is -0.590. The lowest BCUT2D eigenvalue weighted by Crippen LogP contribution is -2.22. The fourth-order valence-electron chi connectivity index (χ4n) is 1.32. The molecule has 18 heavy (non-hydrogen) atoms. The molecule has 1 rings (SSSR count). The van der Waals surface area contributed by atoms with Gasteiger partial charge in [-0.1, -0.05) is 13.8 Å². The molecule has 0 fully saturated rings. The summed E-state index contributed by atoms with van der Waals surface area (Å²) < 4.78 is 6.90. The highest BCUT2D eigenvalue weighted by atomic mass is 79.9. The summed E-state index contributed by atoms with van der Waals surface area (Å²) in [6, 6.07) is 4.33. The Morgan fingerprint density at radius 2 is 1.94 bits per heavy atom. The van der Waals surface area contributed by atoms with Gasteiger partial charge in [0.1, 0.15) is 5.75 Å². The van der Waals surface area contributed by atoms with Gasteiger partial charge in [-0.05, 0) is 49.6 Å². The maximum absolute atomic E-state index is 10.7. The van der Waals surface area contributed by atoms with Crippen LogP contribution in [0.1, 0.15) is 19.4 Å². The van der Waals surface area contributed by atoms with E-state index >= 15 is 0 Å². The molecular weight excluding hydrogens is 364 g/mol. The van der Waals surface area contributed by atoms with E-state index in [2.05, 4.69) is 51.0 Å². The summed E-state index contributed by atoms with van der Waals surface area (Å²) in [5, 5.41) is 3.33. The van der Waals surface area contributed by atoms with Gasteiger partial charge in [-0.15, -0.1) is 0 Å². The molecule has 0 aliphatic heterocycles. The summed E-state index contributed by atoms with van der Waals surface area (Å²) in [7, 11) is 0. The van der Waals surface area contributed by atoms with Crippen LogP contribution in [-0.4, -0.2) is 18.6 Å². The van der Waals surface area contributed by atoms with Gasteiger partial charge in [0.15, 0.2) is 6.61 Å². The second kappa shape index (κ2) is 7.11. The van der Waals surface area contributed by atoms with Crippen LogP contribution in [0.2, 0.25) is 0 Å². The van der Waals surface area contributed by atoms with Gasteiger partial charge in [0.05, 0.1) is 8.95 Å². The van der Waals surface area contributed by atoms with E-state index in [1.54, 1.807) is 0 Å². The number of rotatable bonds is 6. The third kappa shape index (κ3) is 4.96. The fourth-order valence-corrected chi connectivity index (χ4v) is 2.83. The predicted octanol–water partition coefficient (Wildman–Crippen LogP) is 2.57. The Kier molecular flexibility index (Phi) is 6.11. The van der Waals surface area contributed by atoms with Gasteiger partial charge in [-0.3, -0.25) is 4.79 Å². The molecule has 0 saturated heterocycles. The number of ether oxygens (including phenoxy) is 1. The maximum atomic E-state index is 10.7. The Balaban J connectivity index is 2.80. The van der Waals surface area contributed by atoms with Gasteiger partial charge in [0.25, 0.3) is 5.91 Å². The second-order valence-electron chi connectivity index (χ2n) is 4.18. The first-order valence-corrected chi connectivity index (χ1v) is 7.11. The van der Waals surface area contributed by atoms with Gasteiger partial charge < -0.3 is 15.8 Å². The van der Waals surface area contributed by atoms with Crippen molar-refractivity contribution in [1.29, 1.82) is 0 Å². The summed E-state index contributed by atoms with van der Waals surface area (Å²) in [6.45, 7) is 4.81. The molecule has 0 heterocycles. The number of nitrogens with two attached hydrogens (primary N) is 1. The second-order valence-corrected chi connectivity index (χ2v) is 5.89. The van der Waals surface area contributed by atoms with E-state index in [4.69, 9.17) is 10.5 Å². The molecule has 100 valence electrons. The van der Waals surface area contributed by atoms with E-state index in [-0.39, 0.29) is 6.61 Å². The summed E-state index contributed by atoms with van der Waals surface area (Å²) in [4.78, 5) is 10.7. The summed E-state index contributed by atoms with van der Waals surface area (Å²) in [5.74, 6) is 0.0847. The number of carbonyl (C=O) groups excluding carboxylic acids is 1. The van der Waals surface area contributed by atoms with Crippen LogP contribution in [0.3, 0.4) is 0 Å². The average Bonchev–Trinajstić information content (AvgIpc) is 2.24. The van der Waals surface area contributed by atoms with Crippen molar-refractivity contribution in [2.45, 2.75) is 26.4 Å². The molecule has 0 spiro atoms. The van der Waals surface area contributed by atoms with Gasteiger partial charge in [0.2, 0.25) is 0 Å². The minimum Gasteiger partial charge on any atom is -0.481 e. The number of halogens is 2. The molecule has 0 saturated carbocycles. The first kappa shape index (κ1) is 15.5. The summed E-state index contributed by atoms with van der Waals surface area (Å²) >= 11 is 6.84. The summed E-state index contributed by atoms with van der Waals surface area (Å²) in [6.07, 6.45) is 0. The molecule has 0 unspecified atom stereocenters. The molecule has 1 amide bonds. The normalized spacial score (nSPS) is 10.7. The number of nitrogens with one attached hydrogen (secondary N) is 1. The van der Waals surface area contributed by atoms with E-state index in [1.165, 1.54) is 0 Å². The zero-order valence-electron chi connectivity index (χ0n) is 10.3. The monoisotopic (exact) mass is 378 g/mol. The largest absolute Gasteiger partial charge is 0.481 e. The van der Waals surface area contributed by atoms with E-state index < -0.39 is 5.91 Å². The Morgan fingerprint density at radius 1 is 1.39 bits per heavy atom. The van der Waals surface area contributed by atoms with Crippen LogP contribution >= 0.6 is 31.9 Å². The van der Waals surface area contributed by atoms with E-state index in [0.717, 1.165) is 21.1 Å². The van der Waals surface area contributed by atoms with Crippen molar-refractivity contribution in [2.24, 2.45) is 5.73 Å². The molecule has 6 heteroatoms. The predicted molar refractivity (Wildman–Crippen MR) is 78.5 cm³/mol. The molecule has 0 aliphatic carbocycles. The van der Waals surface area contributed by atoms with Crippen molar-refractivity contribution in [3.05, 3.63) is 26.6 Å². The van der Waals surface area contributed by atoms with Crippen LogP contribution < -0.4 is 15.8 Å². The number of primary amides is 1. The van der Waals surface area contributed by atoms with Crippen molar-refractivity contribution in [3.63, 3.8) is 0 Å². The number of hydrogen-bond acceptors (Lipinski definition) is 3. The quantitative estimate of drug-likeness (QED) is 0.798. The fraction of sp³-hybridized carbons (Fsp3) is 0.417. The molecule has 1 aromatic rings. The van der Waals surface area contributed by atoms with Crippen LogP contribution in [0.15, 0.2) is 21.1 Å². The van der Waals surface area contributed by atoms with Crippen LogP contribution in [0.4, 0.5) is 0 Å². The first-order valence-electron chi connectivity index (χ1n) is 5.52. The zero-order chi connectivity index (χ0) is 13.7. The average molecular weight is 380 g/mol. The third-order valence-corrected chi connectivity index (χ3v) is 3.31. The Morgan fingerprint density at radius 3 is 2.39 bits per heavy atom. The minimum absolute atomic E-state index is 0.138.